The van der Waals surface area contributed by atoms with Crippen molar-refractivity contribution in [2.24, 2.45) is 5.92 Å². The maximum absolute atomic E-state index is 6.52. The minimum atomic E-state index is 0.516. The Morgan fingerprint density at radius 2 is 0.837 bits per heavy atom. The van der Waals surface area contributed by atoms with Gasteiger partial charge in [0.25, 0.3) is 0 Å². The molecule has 1 rings (SSSR count). The van der Waals surface area contributed by atoms with Crippen LogP contribution in [0.3, 0.4) is 0 Å². The van der Waals surface area contributed by atoms with E-state index in [1.54, 1.807) is 0 Å². The zero-order valence-corrected chi connectivity index (χ0v) is 30.5. The molecule has 1 aliphatic rings. The van der Waals surface area contributed by atoms with Crippen molar-refractivity contribution in [3.05, 3.63) is 0 Å². The fourth-order valence-corrected chi connectivity index (χ4v) is 7.06. The van der Waals surface area contributed by atoms with Gasteiger partial charge in [0, 0.05) is 32.8 Å². The van der Waals surface area contributed by atoms with Crippen LogP contribution in [0.4, 0.5) is 0 Å². The molecule has 0 aromatic rings. The molecular weight excluding hydrogens is 524 g/mol. The first kappa shape index (κ1) is 40.9. The van der Waals surface area contributed by atoms with E-state index in [0.717, 1.165) is 12.5 Å². The second-order valence-corrected chi connectivity index (χ2v) is 14.5. The fraction of sp³-hybridized carbons (Fsp3) is 1.00. The first-order valence-electron chi connectivity index (χ1n) is 20.2. The van der Waals surface area contributed by atoms with Crippen LogP contribution >= 0.6 is 0 Å². The van der Waals surface area contributed by atoms with Crippen molar-refractivity contribution in [2.45, 2.75) is 207 Å². The molecule has 0 aromatic heterocycles. The summed E-state index contributed by atoms with van der Waals surface area (Å²) < 4.78 is 6.52. The van der Waals surface area contributed by atoms with E-state index in [-0.39, 0.29) is 0 Å². The number of hydrogen-bond donors (Lipinski definition) is 0. The lowest BCUT2D eigenvalue weighted by Gasteiger charge is -2.32. The van der Waals surface area contributed by atoms with Gasteiger partial charge in [-0.2, -0.15) is 0 Å². The Kier molecular flexibility index (Phi) is 30.3. The SMILES string of the molecule is CCCCCCCCCC(CCCCCCCCCCC(CCCCC)CCCCC)OCCCCN1CCN(C)CC1. The molecule has 0 saturated carbocycles. The Bertz CT molecular complexity index is 523. The average molecular weight is 607 g/mol. The van der Waals surface area contributed by atoms with Gasteiger partial charge < -0.3 is 14.5 Å². The van der Waals surface area contributed by atoms with Crippen molar-refractivity contribution in [3.63, 3.8) is 0 Å². The molecule has 0 bridgehead atoms. The van der Waals surface area contributed by atoms with Gasteiger partial charge in [-0.1, -0.05) is 175 Å². The smallest absolute Gasteiger partial charge is 0.0575 e. The van der Waals surface area contributed by atoms with E-state index >= 15 is 0 Å². The lowest BCUT2D eigenvalue weighted by Crippen LogP contribution is -2.44. The van der Waals surface area contributed by atoms with E-state index in [1.807, 2.05) is 0 Å². The van der Waals surface area contributed by atoms with E-state index in [0.29, 0.717) is 6.10 Å². The minimum Gasteiger partial charge on any atom is -0.378 e. The van der Waals surface area contributed by atoms with Gasteiger partial charge in [-0.3, -0.25) is 0 Å². The third kappa shape index (κ3) is 26.8. The summed E-state index contributed by atoms with van der Waals surface area (Å²) in [7, 11) is 2.25. The Labute approximate surface area is 273 Å². The van der Waals surface area contributed by atoms with Crippen molar-refractivity contribution in [1.29, 1.82) is 0 Å². The van der Waals surface area contributed by atoms with Gasteiger partial charge in [0.1, 0.15) is 0 Å². The van der Waals surface area contributed by atoms with Crippen LogP contribution in [0.15, 0.2) is 0 Å². The molecule has 0 radical (unpaired) electrons. The Hall–Kier alpha value is -0.120. The van der Waals surface area contributed by atoms with E-state index < -0.39 is 0 Å². The molecule has 1 atom stereocenters. The zero-order valence-electron chi connectivity index (χ0n) is 30.5. The van der Waals surface area contributed by atoms with Gasteiger partial charge in [-0.25, -0.2) is 0 Å². The van der Waals surface area contributed by atoms with Gasteiger partial charge in [0.15, 0.2) is 0 Å². The van der Waals surface area contributed by atoms with Crippen molar-refractivity contribution >= 4 is 0 Å². The minimum absolute atomic E-state index is 0.516. The van der Waals surface area contributed by atoms with Crippen LogP contribution in [-0.2, 0) is 4.74 Å². The first-order chi connectivity index (χ1) is 21.2. The maximum Gasteiger partial charge on any atom is 0.0575 e. The summed E-state index contributed by atoms with van der Waals surface area (Å²) in [5.41, 5.74) is 0. The third-order valence-corrected chi connectivity index (χ3v) is 10.3. The number of hydrogen-bond acceptors (Lipinski definition) is 3. The quantitative estimate of drug-likeness (QED) is 0.0691. The third-order valence-electron chi connectivity index (χ3n) is 10.3. The highest BCUT2D eigenvalue weighted by molar-refractivity contribution is 4.69. The number of ether oxygens (including phenoxy) is 1. The van der Waals surface area contributed by atoms with E-state index in [9.17, 15) is 0 Å². The van der Waals surface area contributed by atoms with Crippen molar-refractivity contribution in [2.75, 3.05) is 46.4 Å². The maximum atomic E-state index is 6.52. The van der Waals surface area contributed by atoms with Crippen LogP contribution in [0.2, 0.25) is 0 Å². The molecule has 0 N–H and O–H groups in total. The molecule has 1 unspecified atom stereocenters. The number of nitrogens with zero attached hydrogens (tertiary/aromatic N) is 2. The molecule has 0 spiro atoms. The molecule has 0 aliphatic carbocycles. The topological polar surface area (TPSA) is 15.7 Å². The highest BCUT2D eigenvalue weighted by atomic mass is 16.5. The monoisotopic (exact) mass is 607 g/mol. The van der Waals surface area contributed by atoms with Crippen molar-refractivity contribution in [1.82, 2.24) is 9.80 Å². The van der Waals surface area contributed by atoms with Gasteiger partial charge in [0.2, 0.25) is 0 Å². The Balaban J connectivity index is 2.13. The van der Waals surface area contributed by atoms with Crippen molar-refractivity contribution < 1.29 is 4.74 Å². The number of piperazine rings is 1. The van der Waals surface area contributed by atoms with Gasteiger partial charge >= 0.3 is 0 Å². The molecular formula is C40H82N2O. The lowest BCUT2D eigenvalue weighted by molar-refractivity contribution is 0.0342. The molecule has 1 fully saturated rings. The fourth-order valence-electron chi connectivity index (χ4n) is 7.06. The second-order valence-electron chi connectivity index (χ2n) is 14.5. The van der Waals surface area contributed by atoms with Gasteiger partial charge in [-0.15, -0.1) is 0 Å². The van der Waals surface area contributed by atoms with Crippen LogP contribution in [-0.4, -0.2) is 62.3 Å². The standard InChI is InChI=1S/C40H82N2O/c1-5-8-11-12-15-19-24-31-40(43-38-27-26-33-42-36-34-41(4)35-37-42)32-25-20-17-14-13-16-18-23-30-39(28-21-9-6-2)29-22-10-7-3/h39-40H,5-38H2,1-4H3. The molecule has 43 heavy (non-hydrogen) atoms. The van der Waals surface area contributed by atoms with Gasteiger partial charge in [-0.05, 0) is 45.2 Å². The van der Waals surface area contributed by atoms with E-state index in [4.69, 9.17) is 4.74 Å². The van der Waals surface area contributed by atoms with Crippen molar-refractivity contribution in [3.8, 4) is 0 Å². The summed E-state index contributed by atoms with van der Waals surface area (Å²) in [6.45, 7) is 14.2. The predicted molar refractivity (Wildman–Crippen MR) is 193 cm³/mol. The number of rotatable bonds is 33. The largest absolute Gasteiger partial charge is 0.378 e. The Morgan fingerprint density at radius 1 is 0.442 bits per heavy atom. The lowest BCUT2D eigenvalue weighted by atomic mass is 9.90. The second kappa shape index (κ2) is 31.8. The van der Waals surface area contributed by atoms with Crippen LogP contribution in [0.5, 0.6) is 0 Å². The molecule has 3 heteroatoms. The summed E-state index contributed by atoms with van der Waals surface area (Å²) in [6.07, 6.45) is 40.1. The first-order valence-corrected chi connectivity index (χ1v) is 20.2. The number of likely N-dealkylation sites (N-methyl/N-ethyl adjacent to an activating group) is 1. The molecule has 0 amide bonds. The summed E-state index contributed by atoms with van der Waals surface area (Å²) in [6, 6.07) is 0. The predicted octanol–water partition coefficient (Wildman–Crippen LogP) is 12.2. The molecule has 0 aromatic carbocycles. The van der Waals surface area contributed by atoms with Crippen LogP contribution in [0.25, 0.3) is 0 Å². The van der Waals surface area contributed by atoms with E-state index in [1.165, 1.54) is 213 Å². The van der Waals surface area contributed by atoms with E-state index in [2.05, 4.69) is 37.6 Å². The average Bonchev–Trinajstić information content (AvgIpc) is 3.01. The molecule has 258 valence electrons. The summed E-state index contributed by atoms with van der Waals surface area (Å²) in [4.78, 5) is 5.10. The van der Waals surface area contributed by atoms with Crippen LogP contribution in [0.1, 0.15) is 201 Å². The molecule has 3 nitrogen and oxygen atoms in total. The highest BCUT2D eigenvalue weighted by Gasteiger charge is 2.14. The normalized spacial score (nSPS) is 15.6. The summed E-state index contributed by atoms with van der Waals surface area (Å²) in [5, 5.41) is 0. The summed E-state index contributed by atoms with van der Waals surface area (Å²) in [5.74, 6) is 1.02. The Morgan fingerprint density at radius 3 is 1.33 bits per heavy atom. The summed E-state index contributed by atoms with van der Waals surface area (Å²) >= 11 is 0. The molecule has 1 heterocycles. The van der Waals surface area contributed by atoms with Crippen LogP contribution in [0, 0.1) is 5.92 Å². The number of unbranched alkanes of at least 4 members (excludes halogenated alkanes) is 18. The van der Waals surface area contributed by atoms with Gasteiger partial charge in [0.05, 0.1) is 6.10 Å². The molecule has 1 saturated heterocycles. The molecule has 1 aliphatic heterocycles. The highest BCUT2D eigenvalue weighted by Crippen LogP contribution is 2.24. The van der Waals surface area contributed by atoms with Crippen LogP contribution < -0.4 is 0 Å². The zero-order chi connectivity index (χ0) is 31.1.